The average Bonchev–Trinajstić information content (AvgIpc) is 3.64. The quantitative estimate of drug-likeness (QED) is 0.139. The van der Waals surface area contributed by atoms with Crippen LogP contribution in [0.2, 0.25) is 0 Å². The first-order valence-electron chi connectivity index (χ1n) is 15.4. The van der Waals surface area contributed by atoms with Gasteiger partial charge in [0.2, 0.25) is 29.5 Å². The zero-order valence-electron chi connectivity index (χ0n) is 26.2. The molecule has 0 aliphatic carbocycles. The summed E-state index contributed by atoms with van der Waals surface area (Å²) in [5.41, 5.74) is 7.95. The molecule has 3 aromatic rings. The lowest BCUT2D eigenvalue weighted by atomic mass is 10.0. The molecule has 0 bridgehead atoms. The van der Waals surface area contributed by atoms with Crippen LogP contribution in [0.3, 0.4) is 0 Å². The molecule has 1 aliphatic rings. The van der Waals surface area contributed by atoms with E-state index in [0.29, 0.717) is 12.2 Å². The first-order chi connectivity index (χ1) is 22.5. The molecule has 1 aliphatic heterocycles. The summed E-state index contributed by atoms with van der Waals surface area (Å²) in [6.45, 7) is 3.44. The van der Waals surface area contributed by atoms with E-state index < -0.39 is 66.1 Å². The first-order valence-corrected chi connectivity index (χ1v) is 16.4. The van der Waals surface area contributed by atoms with E-state index in [1.165, 1.54) is 23.6 Å². The number of aromatic amines is 1. The van der Waals surface area contributed by atoms with Gasteiger partial charge in [0.1, 0.15) is 24.2 Å². The summed E-state index contributed by atoms with van der Waals surface area (Å²) in [4.78, 5) is 82.1. The number of hydrogen-bond donors (Lipinski definition) is 6. The molecule has 1 fully saturated rings. The van der Waals surface area contributed by atoms with Crippen molar-refractivity contribution in [1.29, 1.82) is 0 Å². The topological polar surface area (TPSA) is 204 Å². The van der Waals surface area contributed by atoms with Gasteiger partial charge in [-0.15, -0.1) is 0 Å². The number of thioether (sulfide) groups is 1. The number of hydrogen-bond acceptors (Lipinski definition) is 7. The van der Waals surface area contributed by atoms with Gasteiger partial charge in [0.25, 0.3) is 0 Å². The minimum absolute atomic E-state index is 0.0662. The van der Waals surface area contributed by atoms with Crippen LogP contribution in [0.15, 0.2) is 60.8 Å². The Morgan fingerprint density at radius 3 is 2.32 bits per heavy atom. The number of carbonyl (C=O) groups excluding carboxylic acids is 5. The smallest absolute Gasteiger partial charge is 0.305 e. The zero-order valence-corrected chi connectivity index (χ0v) is 27.0. The Balaban J connectivity index is 1.56. The van der Waals surface area contributed by atoms with E-state index >= 15 is 0 Å². The van der Waals surface area contributed by atoms with Crippen LogP contribution in [-0.2, 0) is 41.6 Å². The highest BCUT2D eigenvalue weighted by Gasteiger charge is 2.45. The van der Waals surface area contributed by atoms with Gasteiger partial charge in [-0.3, -0.25) is 28.8 Å². The highest BCUT2D eigenvalue weighted by molar-refractivity contribution is 7.99. The van der Waals surface area contributed by atoms with Gasteiger partial charge in [0.15, 0.2) is 0 Å². The summed E-state index contributed by atoms with van der Waals surface area (Å²) in [5.74, 6) is -4.04. The summed E-state index contributed by atoms with van der Waals surface area (Å²) in [6.07, 6.45) is 1.72. The number of fused-ring (bicyclic) bond motifs is 1. The van der Waals surface area contributed by atoms with Crippen LogP contribution in [0.5, 0.6) is 0 Å². The number of likely N-dealkylation sites (tertiary alicyclic amines) is 1. The van der Waals surface area contributed by atoms with Crippen LogP contribution < -0.4 is 21.7 Å². The number of carboxylic acids is 1. The van der Waals surface area contributed by atoms with Crippen molar-refractivity contribution in [2.45, 2.75) is 68.9 Å². The monoisotopic (exact) mass is 664 g/mol. The normalized spacial score (nSPS) is 17.8. The highest BCUT2D eigenvalue weighted by Crippen LogP contribution is 2.30. The second-order valence-corrected chi connectivity index (χ2v) is 12.9. The van der Waals surface area contributed by atoms with Crippen LogP contribution in [0.4, 0.5) is 0 Å². The number of H-pyrrole nitrogens is 1. The van der Waals surface area contributed by atoms with Crippen molar-refractivity contribution in [3.63, 3.8) is 0 Å². The van der Waals surface area contributed by atoms with Gasteiger partial charge >= 0.3 is 5.97 Å². The molecule has 0 radical (unpaired) electrons. The van der Waals surface area contributed by atoms with Gasteiger partial charge in [0, 0.05) is 48.7 Å². The van der Waals surface area contributed by atoms with E-state index in [0.717, 1.165) is 22.0 Å². The molecule has 4 rings (SSSR count). The fraction of sp³-hybridized carbons (Fsp3) is 0.394. The molecule has 14 heteroatoms. The van der Waals surface area contributed by atoms with Gasteiger partial charge in [-0.25, -0.2) is 0 Å². The number of benzene rings is 2. The Morgan fingerprint density at radius 2 is 1.66 bits per heavy atom. The van der Waals surface area contributed by atoms with Gasteiger partial charge in [-0.05, 0) is 29.4 Å². The molecule has 2 heterocycles. The van der Waals surface area contributed by atoms with Crippen LogP contribution in [0.1, 0.15) is 37.8 Å². The Kier molecular flexibility index (Phi) is 12.0. The van der Waals surface area contributed by atoms with E-state index in [-0.39, 0.29) is 24.6 Å². The predicted octanol–water partition coefficient (Wildman–Crippen LogP) is 1.11. The number of carboxylic acid groups (broad SMARTS) is 1. The average molecular weight is 665 g/mol. The molecule has 47 heavy (non-hydrogen) atoms. The van der Waals surface area contributed by atoms with Crippen LogP contribution in [0.25, 0.3) is 10.9 Å². The van der Waals surface area contributed by atoms with Crippen molar-refractivity contribution in [3.8, 4) is 0 Å². The summed E-state index contributed by atoms with van der Waals surface area (Å²) in [7, 11) is 0. The molecular formula is C33H40N6O7S. The maximum Gasteiger partial charge on any atom is 0.305 e. The zero-order chi connectivity index (χ0) is 34.1. The lowest BCUT2D eigenvalue weighted by molar-refractivity contribution is -0.143. The van der Waals surface area contributed by atoms with Gasteiger partial charge in [-0.1, -0.05) is 55.5 Å². The Morgan fingerprint density at radius 1 is 0.957 bits per heavy atom. The summed E-state index contributed by atoms with van der Waals surface area (Å²) < 4.78 is 0. The van der Waals surface area contributed by atoms with Crippen molar-refractivity contribution in [2.75, 3.05) is 12.3 Å². The Hall–Kier alpha value is -4.85. The van der Waals surface area contributed by atoms with E-state index in [1.807, 2.05) is 31.2 Å². The number of amides is 5. The van der Waals surface area contributed by atoms with Crippen LogP contribution >= 0.6 is 11.8 Å². The fourth-order valence-corrected chi connectivity index (χ4v) is 7.02. The number of carbonyl (C=O) groups is 6. The fourth-order valence-electron chi connectivity index (χ4n) is 5.86. The molecule has 2 aromatic carbocycles. The van der Waals surface area contributed by atoms with Gasteiger partial charge < -0.3 is 36.7 Å². The molecule has 0 spiro atoms. The minimum Gasteiger partial charge on any atom is -0.481 e. The number of nitrogens with one attached hydrogen (secondary N) is 4. The molecule has 0 unspecified atom stereocenters. The summed E-state index contributed by atoms with van der Waals surface area (Å²) in [6, 6.07) is 11.6. The number of aliphatic carboxylic acids is 1. The molecule has 250 valence electrons. The summed E-state index contributed by atoms with van der Waals surface area (Å²) in [5, 5.41) is 17.9. The van der Waals surface area contributed by atoms with Crippen molar-refractivity contribution in [3.05, 3.63) is 71.9 Å². The number of nitrogens with zero attached hydrogens (tertiary/aromatic N) is 1. The summed E-state index contributed by atoms with van der Waals surface area (Å²) >= 11 is 1.47. The maximum absolute atomic E-state index is 14.1. The van der Waals surface area contributed by atoms with Crippen molar-refractivity contribution in [2.24, 2.45) is 5.73 Å². The third-order valence-corrected chi connectivity index (χ3v) is 9.26. The SMILES string of the molecule is CCS[C@H]1CCN(C(=O)[C@H](Cc2c[nH]c3ccccc23)NC(C)=O)[C@H]1C(=O)N[C@@H](CC(=O)O)C(=O)N[C@@H](Cc1ccccc1)C(N)=O. The lowest BCUT2D eigenvalue weighted by Crippen LogP contribution is -2.59. The third-order valence-electron chi connectivity index (χ3n) is 8.00. The van der Waals surface area contributed by atoms with Crippen LogP contribution in [-0.4, -0.2) is 92.2 Å². The number of para-hydroxylation sites is 1. The largest absolute Gasteiger partial charge is 0.481 e. The minimum atomic E-state index is -1.56. The van der Waals surface area contributed by atoms with E-state index in [4.69, 9.17) is 5.73 Å². The van der Waals surface area contributed by atoms with E-state index in [1.54, 1.807) is 36.5 Å². The third kappa shape index (κ3) is 9.12. The molecule has 7 N–H and O–H groups in total. The highest BCUT2D eigenvalue weighted by atomic mass is 32.2. The van der Waals surface area contributed by atoms with Gasteiger partial charge in [-0.2, -0.15) is 11.8 Å². The second-order valence-electron chi connectivity index (χ2n) is 11.4. The molecule has 0 saturated carbocycles. The Labute approximate surface area is 276 Å². The Bertz CT molecular complexity index is 1610. The molecule has 5 amide bonds. The van der Waals surface area contributed by atoms with E-state index in [2.05, 4.69) is 20.9 Å². The number of aromatic nitrogens is 1. The molecule has 5 atom stereocenters. The van der Waals surface area contributed by atoms with Crippen LogP contribution in [0, 0.1) is 0 Å². The first kappa shape index (κ1) is 35.0. The predicted molar refractivity (Wildman–Crippen MR) is 177 cm³/mol. The molecular weight excluding hydrogens is 624 g/mol. The molecule has 1 saturated heterocycles. The molecule has 13 nitrogen and oxygen atoms in total. The van der Waals surface area contributed by atoms with Crippen molar-refractivity contribution in [1.82, 2.24) is 25.8 Å². The van der Waals surface area contributed by atoms with Gasteiger partial charge in [0.05, 0.1) is 6.42 Å². The lowest BCUT2D eigenvalue weighted by Gasteiger charge is -2.31. The number of rotatable bonds is 15. The van der Waals surface area contributed by atoms with Crippen molar-refractivity contribution < 1.29 is 33.9 Å². The van der Waals surface area contributed by atoms with E-state index in [9.17, 15) is 33.9 Å². The standard InChI is InChI=1S/C33H40N6O7S/c1-3-47-27-13-14-39(33(46)26(36-19(2)40)16-21-18-35-23-12-8-7-11-22(21)23)29(27)32(45)38-25(17-28(41)42)31(44)37-24(30(34)43)15-20-9-5-4-6-10-20/h4-12,18,24-27,29,35H,3,13-17H2,1-2H3,(H2,34,43)(H,36,40)(H,37,44)(H,38,45)(H,41,42)/t24-,25-,26-,27-,29+/m0/s1. The molecule has 1 aromatic heterocycles. The number of nitrogens with two attached hydrogens (primary N) is 1. The maximum atomic E-state index is 14.1. The number of primary amides is 1. The second kappa shape index (κ2) is 16.1. The van der Waals surface area contributed by atoms with Crippen molar-refractivity contribution >= 4 is 58.2 Å².